The number of nitrogens with one attached hydrogen (secondary N) is 2. The van der Waals surface area contributed by atoms with Crippen molar-refractivity contribution in [3.63, 3.8) is 0 Å². The number of carbonyl (C=O) groups is 2. The molecule has 0 unspecified atom stereocenters. The van der Waals surface area contributed by atoms with E-state index >= 15 is 0 Å². The summed E-state index contributed by atoms with van der Waals surface area (Å²) in [5.74, 6) is -0.376. The minimum Gasteiger partial charge on any atom is -0.349 e. The number of aromatic nitrogens is 2. The van der Waals surface area contributed by atoms with Crippen LogP contribution < -0.4 is 10.6 Å². The van der Waals surface area contributed by atoms with Crippen molar-refractivity contribution in [2.45, 2.75) is 25.8 Å². The van der Waals surface area contributed by atoms with E-state index in [9.17, 15) is 9.59 Å². The van der Waals surface area contributed by atoms with E-state index < -0.39 is 0 Å². The molecule has 1 aromatic heterocycles. The average Bonchev–Trinajstić information content (AvgIpc) is 3.42. The SMILES string of the molecule is Cc1c(C(=O)Nc2cccc(C(=O)NC3CC3)c2)cnn1-c1ccc(Br)cc1. The summed E-state index contributed by atoms with van der Waals surface area (Å²) in [6, 6.07) is 14.9. The third kappa shape index (κ3) is 3.99. The standard InChI is InChI=1S/C21H19BrN4O2/c1-13-19(12-23-26(13)18-9-5-15(22)6-10-18)21(28)25-17-4-2-3-14(11-17)20(27)24-16-7-8-16/h2-6,9-12,16H,7-8H2,1H3,(H,24,27)(H,25,28). The minimum atomic E-state index is -0.263. The molecule has 7 heteroatoms. The molecule has 1 aliphatic carbocycles. The number of rotatable bonds is 5. The highest BCUT2D eigenvalue weighted by Crippen LogP contribution is 2.21. The molecular formula is C21H19BrN4O2. The zero-order valence-electron chi connectivity index (χ0n) is 15.3. The first kappa shape index (κ1) is 18.4. The second kappa shape index (κ2) is 7.59. The van der Waals surface area contributed by atoms with Crippen LogP contribution in [0.2, 0.25) is 0 Å². The van der Waals surface area contributed by atoms with E-state index in [2.05, 4.69) is 31.7 Å². The molecule has 2 aromatic carbocycles. The Labute approximate surface area is 171 Å². The van der Waals surface area contributed by atoms with Crippen molar-refractivity contribution in [2.24, 2.45) is 0 Å². The summed E-state index contributed by atoms with van der Waals surface area (Å²) < 4.78 is 2.70. The van der Waals surface area contributed by atoms with Gasteiger partial charge in [0.25, 0.3) is 11.8 Å². The third-order valence-electron chi connectivity index (χ3n) is 4.62. The number of anilines is 1. The van der Waals surface area contributed by atoms with Gasteiger partial charge in [0.2, 0.25) is 0 Å². The van der Waals surface area contributed by atoms with E-state index in [0.717, 1.165) is 28.7 Å². The van der Waals surface area contributed by atoms with Crippen LogP contribution in [0.5, 0.6) is 0 Å². The van der Waals surface area contributed by atoms with Crippen molar-refractivity contribution in [3.8, 4) is 5.69 Å². The van der Waals surface area contributed by atoms with Gasteiger partial charge in [-0.1, -0.05) is 22.0 Å². The third-order valence-corrected chi connectivity index (χ3v) is 5.15. The molecule has 4 rings (SSSR count). The van der Waals surface area contributed by atoms with E-state index in [-0.39, 0.29) is 17.9 Å². The number of hydrogen-bond donors (Lipinski definition) is 2. The molecule has 0 spiro atoms. The molecule has 0 aliphatic heterocycles. The quantitative estimate of drug-likeness (QED) is 0.629. The Balaban J connectivity index is 1.51. The van der Waals surface area contributed by atoms with Gasteiger partial charge in [-0.05, 0) is 62.2 Å². The van der Waals surface area contributed by atoms with Gasteiger partial charge < -0.3 is 10.6 Å². The van der Waals surface area contributed by atoms with E-state index in [1.807, 2.05) is 31.2 Å². The van der Waals surface area contributed by atoms with Gasteiger partial charge in [0, 0.05) is 21.8 Å². The van der Waals surface area contributed by atoms with Crippen molar-refractivity contribution in [2.75, 3.05) is 5.32 Å². The van der Waals surface area contributed by atoms with E-state index in [1.54, 1.807) is 35.1 Å². The second-order valence-corrected chi connectivity index (χ2v) is 7.73. The molecular weight excluding hydrogens is 420 g/mol. The van der Waals surface area contributed by atoms with Crippen molar-refractivity contribution in [3.05, 3.63) is 76.0 Å². The summed E-state index contributed by atoms with van der Waals surface area (Å²) in [6.07, 6.45) is 3.62. The predicted molar refractivity (Wildman–Crippen MR) is 111 cm³/mol. The van der Waals surface area contributed by atoms with Crippen LogP contribution in [0.3, 0.4) is 0 Å². The van der Waals surface area contributed by atoms with Crippen LogP contribution in [-0.4, -0.2) is 27.6 Å². The van der Waals surface area contributed by atoms with Gasteiger partial charge in [-0.25, -0.2) is 4.68 Å². The molecule has 3 aromatic rings. The van der Waals surface area contributed by atoms with Crippen LogP contribution in [0.4, 0.5) is 5.69 Å². The molecule has 1 saturated carbocycles. The number of halogens is 1. The highest BCUT2D eigenvalue weighted by molar-refractivity contribution is 9.10. The van der Waals surface area contributed by atoms with Crippen LogP contribution in [0.15, 0.2) is 59.2 Å². The zero-order chi connectivity index (χ0) is 19.7. The Morgan fingerprint density at radius 1 is 1.11 bits per heavy atom. The van der Waals surface area contributed by atoms with Gasteiger partial charge in [-0.3, -0.25) is 9.59 Å². The van der Waals surface area contributed by atoms with Gasteiger partial charge in [-0.15, -0.1) is 0 Å². The Hall–Kier alpha value is -2.93. The van der Waals surface area contributed by atoms with E-state index in [1.165, 1.54) is 0 Å². The first-order valence-corrected chi connectivity index (χ1v) is 9.83. The fraction of sp³-hybridized carbons (Fsp3) is 0.190. The molecule has 0 radical (unpaired) electrons. The normalized spacial score (nSPS) is 13.2. The molecule has 0 saturated heterocycles. The van der Waals surface area contributed by atoms with Crippen LogP contribution in [0, 0.1) is 6.92 Å². The second-order valence-electron chi connectivity index (χ2n) is 6.81. The maximum atomic E-state index is 12.7. The molecule has 2 amide bonds. The number of amides is 2. The summed E-state index contributed by atoms with van der Waals surface area (Å²) in [7, 11) is 0. The highest BCUT2D eigenvalue weighted by atomic mass is 79.9. The lowest BCUT2D eigenvalue weighted by Crippen LogP contribution is -2.25. The predicted octanol–water partition coefficient (Wildman–Crippen LogP) is 4.09. The average molecular weight is 439 g/mol. The number of nitrogens with zero attached hydrogens (tertiary/aromatic N) is 2. The molecule has 1 aliphatic rings. The van der Waals surface area contributed by atoms with Gasteiger partial charge in [0.15, 0.2) is 0 Å². The molecule has 28 heavy (non-hydrogen) atoms. The van der Waals surface area contributed by atoms with Crippen molar-refractivity contribution < 1.29 is 9.59 Å². The van der Waals surface area contributed by atoms with Crippen molar-refractivity contribution in [1.82, 2.24) is 15.1 Å². The molecule has 1 fully saturated rings. The van der Waals surface area contributed by atoms with Gasteiger partial charge in [0.05, 0.1) is 23.1 Å². The first-order chi connectivity index (χ1) is 13.5. The van der Waals surface area contributed by atoms with Crippen molar-refractivity contribution in [1.29, 1.82) is 0 Å². The topological polar surface area (TPSA) is 76.0 Å². The van der Waals surface area contributed by atoms with E-state index in [0.29, 0.717) is 16.8 Å². The Bertz CT molecular complexity index is 1040. The van der Waals surface area contributed by atoms with Gasteiger partial charge >= 0.3 is 0 Å². The maximum Gasteiger partial charge on any atom is 0.259 e. The van der Waals surface area contributed by atoms with Gasteiger partial charge in [0.1, 0.15) is 0 Å². The monoisotopic (exact) mass is 438 g/mol. The smallest absolute Gasteiger partial charge is 0.259 e. The fourth-order valence-corrected chi connectivity index (χ4v) is 3.17. The maximum absolute atomic E-state index is 12.7. The fourth-order valence-electron chi connectivity index (χ4n) is 2.91. The van der Waals surface area contributed by atoms with Crippen LogP contribution in [-0.2, 0) is 0 Å². The number of hydrogen-bond acceptors (Lipinski definition) is 3. The molecule has 142 valence electrons. The van der Waals surface area contributed by atoms with Crippen LogP contribution in [0.25, 0.3) is 5.69 Å². The summed E-state index contributed by atoms with van der Waals surface area (Å²) in [6.45, 7) is 1.85. The summed E-state index contributed by atoms with van der Waals surface area (Å²) >= 11 is 3.41. The lowest BCUT2D eigenvalue weighted by Gasteiger charge is -2.08. The largest absolute Gasteiger partial charge is 0.349 e. The molecule has 1 heterocycles. The van der Waals surface area contributed by atoms with Crippen LogP contribution in [0.1, 0.15) is 39.3 Å². The lowest BCUT2D eigenvalue weighted by molar-refractivity contribution is 0.0949. The molecule has 0 atom stereocenters. The number of benzene rings is 2. The van der Waals surface area contributed by atoms with Gasteiger partial charge in [-0.2, -0.15) is 5.10 Å². The van der Waals surface area contributed by atoms with Crippen LogP contribution >= 0.6 is 15.9 Å². The minimum absolute atomic E-state index is 0.113. The summed E-state index contributed by atoms with van der Waals surface area (Å²) in [4.78, 5) is 24.9. The number of carbonyl (C=O) groups excluding carboxylic acids is 2. The van der Waals surface area contributed by atoms with E-state index in [4.69, 9.17) is 0 Å². The Morgan fingerprint density at radius 2 is 1.86 bits per heavy atom. The zero-order valence-corrected chi connectivity index (χ0v) is 16.9. The first-order valence-electron chi connectivity index (χ1n) is 9.04. The molecule has 6 nitrogen and oxygen atoms in total. The lowest BCUT2D eigenvalue weighted by atomic mass is 10.1. The molecule has 0 bridgehead atoms. The summed E-state index contributed by atoms with van der Waals surface area (Å²) in [5.41, 5.74) is 3.20. The molecule has 2 N–H and O–H groups in total. The summed E-state index contributed by atoms with van der Waals surface area (Å²) in [5, 5.41) is 10.1. The van der Waals surface area contributed by atoms with Crippen molar-refractivity contribution >= 4 is 33.4 Å². The Morgan fingerprint density at radius 3 is 2.57 bits per heavy atom. The Kier molecular flexibility index (Phi) is 5.00. The highest BCUT2D eigenvalue weighted by Gasteiger charge is 2.24.